The third kappa shape index (κ3) is 3.74. The fraction of sp³-hybridized carbons (Fsp3) is 0.200. The van der Waals surface area contributed by atoms with Gasteiger partial charge in [0.15, 0.2) is 5.76 Å². The Morgan fingerprint density at radius 2 is 1.64 bits per heavy atom. The van der Waals surface area contributed by atoms with Gasteiger partial charge in [-0.05, 0) is 45.0 Å². The number of rotatable bonds is 4. The summed E-state index contributed by atoms with van der Waals surface area (Å²) in [6.07, 6.45) is 0. The van der Waals surface area contributed by atoms with E-state index in [1.807, 2.05) is 57.2 Å². The highest BCUT2D eigenvalue weighted by Gasteiger charge is 2.16. The molecule has 3 rings (SSSR count). The first-order valence-corrected chi connectivity index (χ1v) is 8.47. The summed E-state index contributed by atoms with van der Waals surface area (Å²) in [6.45, 7) is 5.83. The topological polar surface area (TPSA) is 55.1 Å². The van der Waals surface area contributed by atoms with Crippen molar-refractivity contribution in [2.24, 2.45) is 0 Å². The number of benzene rings is 2. The van der Waals surface area contributed by atoms with Crippen molar-refractivity contribution in [1.82, 2.24) is 10.5 Å². The fourth-order valence-electron chi connectivity index (χ4n) is 2.60. The van der Waals surface area contributed by atoms with Crippen molar-refractivity contribution in [3.05, 3.63) is 64.7 Å². The Balaban J connectivity index is 1.88. The number of hydrogen-bond acceptors (Lipinski definition) is 3. The van der Waals surface area contributed by atoms with E-state index in [2.05, 4.69) is 10.5 Å². The lowest BCUT2D eigenvalue weighted by Gasteiger charge is -2.08. The quantitative estimate of drug-likeness (QED) is 0.708. The van der Waals surface area contributed by atoms with Crippen LogP contribution in [-0.4, -0.2) is 17.1 Å². The molecule has 1 aromatic heterocycles. The van der Waals surface area contributed by atoms with Crippen molar-refractivity contribution in [1.29, 1.82) is 0 Å². The molecule has 0 unspecified atom stereocenters. The predicted molar refractivity (Wildman–Crippen MR) is 99.7 cm³/mol. The molecule has 3 aromatic rings. The molecule has 1 heterocycles. The SMILES string of the molecule is Cc1c(-c2ccc(Cl)cc2)noc1-c1ccc(C(=O)NC(C)C)cc1. The lowest BCUT2D eigenvalue weighted by atomic mass is 10.0. The molecule has 0 atom stereocenters. The maximum absolute atomic E-state index is 12.0. The van der Waals surface area contributed by atoms with Gasteiger partial charge in [-0.3, -0.25) is 4.79 Å². The smallest absolute Gasteiger partial charge is 0.251 e. The molecule has 128 valence electrons. The highest BCUT2D eigenvalue weighted by molar-refractivity contribution is 6.30. The normalized spacial score (nSPS) is 10.9. The Morgan fingerprint density at radius 3 is 2.24 bits per heavy atom. The first-order valence-electron chi connectivity index (χ1n) is 8.09. The van der Waals surface area contributed by atoms with E-state index in [-0.39, 0.29) is 11.9 Å². The zero-order valence-corrected chi connectivity index (χ0v) is 15.1. The minimum atomic E-state index is -0.0855. The van der Waals surface area contributed by atoms with Gasteiger partial charge in [0.25, 0.3) is 5.91 Å². The lowest BCUT2D eigenvalue weighted by molar-refractivity contribution is 0.0943. The molecule has 0 saturated carbocycles. The van der Waals surface area contributed by atoms with E-state index < -0.39 is 0 Å². The monoisotopic (exact) mass is 354 g/mol. The van der Waals surface area contributed by atoms with E-state index in [4.69, 9.17) is 16.1 Å². The molecule has 2 aromatic carbocycles. The molecule has 0 saturated heterocycles. The Kier molecular flexibility index (Phi) is 4.91. The van der Waals surface area contributed by atoms with Gasteiger partial charge in [-0.15, -0.1) is 0 Å². The van der Waals surface area contributed by atoms with Gasteiger partial charge in [0.1, 0.15) is 5.69 Å². The summed E-state index contributed by atoms with van der Waals surface area (Å²) in [5.41, 5.74) is 4.18. The number of aromatic nitrogens is 1. The number of nitrogens with one attached hydrogen (secondary N) is 1. The van der Waals surface area contributed by atoms with Crippen LogP contribution in [0.25, 0.3) is 22.6 Å². The second-order valence-corrected chi connectivity index (χ2v) is 6.63. The van der Waals surface area contributed by atoms with Crippen molar-refractivity contribution in [3.63, 3.8) is 0 Å². The summed E-state index contributed by atoms with van der Waals surface area (Å²) >= 11 is 5.94. The Hall–Kier alpha value is -2.59. The van der Waals surface area contributed by atoms with Crippen LogP contribution in [0.1, 0.15) is 29.8 Å². The second-order valence-electron chi connectivity index (χ2n) is 6.20. The van der Waals surface area contributed by atoms with Gasteiger partial charge in [-0.1, -0.05) is 41.0 Å². The van der Waals surface area contributed by atoms with Gasteiger partial charge in [0, 0.05) is 33.3 Å². The average molecular weight is 355 g/mol. The fourth-order valence-corrected chi connectivity index (χ4v) is 2.73. The van der Waals surface area contributed by atoms with E-state index >= 15 is 0 Å². The molecule has 25 heavy (non-hydrogen) atoms. The van der Waals surface area contributed by atoms with Crippen LogP contribution in [0.5, 0.6) is 0 Å². The summed E-state index contributed by atoms with van der Waals surface area (Å²) in [5.74, 6) is 0.610. The molecular weight excluding hydrogens is 336 g/mol. The highest BCUT2D eigenvalue weighted by atomic mass is 35.5. The van der Waals surface area contributed by atoms with Crippen molar-refractivity contribution in [2.45, 2.75) is 26.8 Å². The summed E-state index contributed by atoms with van der Waals surface area (Å²) in [6, 6.07) is 14.9. The van der Waals surface area contributed by atoms with E-state index in [0.29, 0.717) is 16.3 Å². The van der Waals surface area contributed by atoms with Crippen LogP contribution < -0.4 is 5.32 Å². The van der Waals surface area contributed by atoms with Crippen LogP contribution in [0.15, 0.2) is 53.1 Å². The third-order valence-electron chi connectivity index (χ3n) is 3.87. The molecule has 1 N–H and O–H groups in total. The Labute approximate surface area is 151 Å². The predicted octanol–water partition coefficient (Wildman–Crippen LogP) is 5.11. The molecule has 0 radical (unpaired) electrons. The van der Waals surface area contributed by atoms with E-state index in [9.17, 15) is 4.79 Å². The van der Waals surface area contributed by atoms with E-state index in [1.165, 1.54) is 0 Å². The van der Waals surface area contributed by atoms with Crippen LogP contribution in [-0.2, 0) is 0 Å². The third-order valence-corrected chi connectivity index (χ3v) is 4.12. The standard InChI is InChI=1S/C20H19ClN2O2/c1-12(2)22-20(24)16-6-4-15(5-7-16)19-13(3)18(23-25-19)14-8-10-17(21)11-9-14/h4-12H,1-3H3,(H,22,24). The van der Waals surface area contributed by atoms with Gasteiger partial charge in [-0.25, -0.2) is 0 Å². The molecule has 0 aliphatic carbocycles. The van der Waals surface area contributed by atoms with Crippen LogP contribution in [0.2, 0.25) is 5.02 Å². The molecule has 0 bridgehead atoms. The number of carbonyl (C=O) groups is 1. The highest BCUT2D eigenvalue weighted by Crippen LogP contribution is 2.32. The maximum atomic E-state index is 12.0. The maximum Gasteiger partial charge on any atom is 0.251 e. The molecular formula is C20H19ClN2O2. The first kappa shape index (κ1) is 17.2. The summed E-state index contributed by atoms with van der Waals surface area (Å²) in [7, 11) is 0. The van der Waals surface area contributed by atoms with Gasteiger partial charge in [0.2, 0.25) is 0 Å². The zero-order valence-electron chi connectivity index (χ0n) is 14.3. The molecule has 0 aliphatic rings. The lowest BCUT2D eigenvalue weighted by Crippen LogP contribution is -2.29. The summed E-state index contributed by atoms with van der Waals surface area (Å²) in [4.78, 5) is 12.0. The number of halogens is 1. The number of nitrogens with zero attached hydrogens (tertiary/aromatic N) is 1. The van der Waals surface area contributed by atoms with Crippen LogP contribution >= 0.6 is 11.6 Å². The molecule has 0 spiro atoms. The molecule has 1 amide bonds. The molecule has 4 nitrogen and oxygen atoms in total. The largest absolute Gasteiger partial charge is 0.355 e. The van der Waals surface area contributed by atoms with Crippen molar-refractivity contribution in [2.75, 3.05) is 0 Å². The van der Waals surface area contributed by atoms with Crippen LogP contribution in [0, 0.1) is 6.92 Å². The Morgan fingerprint density at radius 1 is 1.04 bits per heavy atom. The zero-order chi connectivity index (χ0) is 18.0. The van der Waals surface area contributed by atoms with Crippen LogP contribution in [0.3, 0.4) is 0 Å². The number of hydrogen-bond donors (Lipinski definition) is 1. The second kappa shape index (κ2) is 7.11. The van der Waals surface area contributed by atoms with Gasteiger partial charge in [-0.2, -0.15) is 0 Å². The van der Waals surface area contributed by atoms with Gasteiger partial charge < -0.3 is 9.84 Å². The average Bonchev–Trinajstić information content (AvgIpc) is 2.97. The molecule has 0 fully saturated rings. The Bertz CT molecular complexity index is 881. The van der Waals surface area contributed by atoms with Crippen molar-refractivity contribution >= 4 is 17.5 Å². The first-order chi connectivity index (χ1) is 12.0. The summed E-state index contributed by atoms with van der Waals surface area (Å²) < 4.78 is 5.55. The minimum absolute atomic E-state index is 0.0855. The van der Waals surface area contributed by atoms with Crippen molar-refractivity contribution < 1.29 is 9.32 Å². The summed E-state index contributed by atoms with van der Waals surface area (Å²) in [5, 5.41) is 7.75. The van der Waals surface area contributed by atoms with Gasteiger partial charge in [0.05, 0.1) is 0 Å². The van der Waals surface area contributed by atoms with Crippen molar-refractivity contribution in [3.8, 4) is 22.6 Å². The number of carbonyl (C=O) groups excluding carboxylic acids is 1. The minimum Gasteiger partial charge on any atom is -0.355 e. The van der Waals surface area contributed by atoms with E-state index in [1.54, 1.807) is 12.1 Å². The van der Waals surface area contributed by atoms with Crippen LogP contribution in [0.4, 0.5) is 0 Å². The van der Waals surface area contributed by atoms with E-state index in [0.717, 1.165) is 22.4 Å². The van der Waals surface area contributed by atoms with Gasteiger partial charge >= 0.3 is 0 Å². The number of amides is 1. The molecule has 0 aliphatic heterocycles. The molecule has 5 heteroatoms.